The number of nitrogens with zero attached hydrogens (tertiary/aromatic N) is 5. The second kappa shape index (κ2) is 9.44. The van der Waals surface area contributed by atoms with Gasteiger partial charge in [-0.15, -0.1) is 0 Å². The maximum Gasteiger partial charge on any atom is 0.270 e. The summed E-state index contributed by atoms with van der Waals surface area (Å²) in [6.07, 6.45) is 5.53. The highest BCUT2D eigenvalue weighted by Gasteiger charge is 2.34. The number of likely N-dealkylation sites (tertiary alicyclic amines) is 1. The van der Waals surface area contributed by atoms with Crippen LogP contribution in [0.5, 0.6) is 0 Å². The summed E-state index contributed by atoms with van der Waals surface area (Å²) in [5.74, 6) is 0.768. The van der Waals surface area contributed by atoms with Crippen LogP contribution >= 0.6 is 0 Å². The lowest BCUT2D eigenvalue weighted by Gasteiger charge is -2.39. The van der Waals surface area contributed by atoms with Gasteiger partial charge >= 0.3 is 0 Å². The van der Waals surface area contributed by atoms with Crippen molar-refractivity contribution in [3.8, 4) is 5.82 Å². The van der Waals surface area contributed by atoms with Gasteiger partial charge in [0.15, 0.2) is 5.82 Å². The first-order valence-electron chi connectivity index (χ1n) is 12.5. The molecule has 1 aliphatic heterocycles. The molecule has 37 heavy (non-hydrogen) atoms. The van der Waals surface area contributed by atoms with Gasteiger partial charge in [-0.3, -0.25) is 13.9 Å². The second-order valence-electron chi connectivity index (χ2n) is 10.1. The zero-order valence-electron chi connectivity index (χ0n) is 21.6. The topological polar surface area (TPSA) is 117 Å². The molecule has 3 heterocycles. The van der Waals surface area contributed by atoms with Crippen LogP contribution in [0.4, 0.5) is 5.69 Å². The Balaban J connectivity index is 0.00000336. The maximum absolute atomic E-state index is 13.0. The Kier molecular flexibility index (Phi) is 6.43. The smallest absolute Gasteiger partial charge is 0.270 e. The monoisotopic (exact) mass is 526 g/mol. The normalized spacial score (nSPS) is 16.1. The number of rotatable bonds is 8. The number of nitrogens with one attached hydrogen (secondary N) is 1. The number of carbonyl (C=O) groups excluding carboxylic acids is 2. The van der Waals surface area contributed by atoms with Gasteiger partial charge in [-0.1, -0.05) is 6.07 Å². The predicted molar refractivity (Wildman–Crippen MR) is 144 cm³/mol. The lowest BCUT2D eigenvalue weighted by Crippen LogP contribution is -2.50. The number of carbonyl (C=O) groups is 2. The first-order valence-corrected chi connectivity index (χ1v) is 14.4. The third-order valence-electron chi connectivity index (χ3n) is 7.20. The SMILES string of the molecule is CNC(=O)c1c2cc(C3CC3)c(N(CCC3CN(C(C)=O)C3)S(C)(=O)=O)cc2nn1-c1ccc(C)cn1.[HH]. The third-order valence-corrected chi connectivity index (χ3v) is 8.38. The summed E-state index contributed by atoms with van der Waals surface area (Å²) >= 11 is 0. The highest BCUT2D eigenvalue weighted by atomic mass is 32.2. The average molecular weight is 527 g/mol. The first-order chi connectivity index (χ1) is 17.6. The summed E-state index contributed by atoms with van der Waals surface area (Å²) in [4.78, 5) is 30.7. The van der Waals surface area contributed by atoms with E-state index >= 15 is 0 Å². The molecule has 10 nitrogen and oxygen atoms in total. The predicted octanol–water partition coefficient (Wildman–Crippen LogP) is 2.85. The molecule has 0 bridgehead atoms. The summed E-state index contributed by atoms with van der Waals surface area (Å²) < 4.78 is 29.0. The summed E-state index contributed by atoms with van der Waals surface area (Å²) in [5, 5.41) is 8.07. The fourth-order valence-electron chi connectivity index (χ4n) is 4.94. The Bertz CT molecular complexity index is 1480. The molecule has 1 saturated heterocycles. The molecule has 198 valence electrons. The fourth-order valence-corrected chi connectivity index (χ4v) is 5.89. The van der Waals surface area contributed by atoms with Crippen LogP contribution in [-0.2, 0) is 14.8 Å². The minimum atomic E-state index is -3.58. The van der Waals surface area contributed by atoms with Crippen molar-refractivity contribution in [3.05, 3.63) is 47.3 Å². The number of hydrogen-bond acceptors (Lipinski definition) is 6. The lowest BCUT2D eigenvalue weighted by molar-refractivity contribution is -0.135. The molecule has 2 fully saturated rings. The van der Waals surface area contributed by atoms with Gasteiger partial charge in [-0.2, -0.15) is 5.10 Å². The van der Waals surface area contributed by atoms with Crippen LogP contribution in [0.2, 0.25) is 0 Å². The Hall–Kier alpha value is -3.47. The molecule has 2 aromatic heterocycles. The Labute approximate surface area is 218 Å². The van der Waals surface area contributed by atoms with Gasteiger partial charge in [0.2, 0.25) is 15.9 Å². The summed E-state index contributed by atoms with van der Waals surface area (Å²) in [5.41, 5.74) is 3.41. The van der Waals surface area contributed by atoms with Crippen LogP contribution in [0.15, 0.2) is 30.5 Å². The van der Waals surface area contributed by atoms with E-state index in [1.807, 2.05) is 25.1 Å². The molecule has 0 spiro atoms. The number of aromatic nitrogens is 3. The standard InChI is InChI=1S/C26H32N6O4S.H2/c1-16-5-8-24(28-13-16)32-25(26(34)27-3)21-11-20(19-6-7-19)23(12-22(21)29-32)31(37(4,35)36)10-9-18-14-30(15-18)17(2)33;/h5,8,11-13,18-19H,6-7,9-10,14-15H2,1-4H3,(H,27,34);1H. The minimum absolute atomic E-state index is 0. The van der Waals surface area contributed by atoms with Gasteiger partial charge in [0, 0.05) is 46.6 Å². The number of aryl methyl sites for hydroxylation is 1. The molecule has 11 heteroatoms. The van der Waals surface area contributed by atoms with E-state index in [1.54, 1.807) is 31.1 Å². The van der Waals surface area contributed by atoms with Gasteiger partial charge < -0.3 is 10.2 Å². The Morgan fingerprint density at radius 2 is 1.95 bits per heavy atom. The molecule has 3 aromatic rings. The molecule has 2 aliphatic rings. The highest BCUT2D eigenvalue weighted by molar-refractivity contribution is 7.92. The van der Waals surface area contributed by atoms with E-state index in [2.05, 4.69) is 10.3 Å². The first kappa shape index (κ1) is 25.2. The molecular weight excluding hydrogens is 492 g/mol. The van der Waals surface area contributed by atoms with Gasteiger partial charge in [0.1, 0.15) is 5.69 Å². The summed E-state index contributed by atoms with van der Waals surface area (Å²) in [7, 11) is -2.01. The highest BCUT2D eigenvalue weighted by Crippen LogP contribution is 2.46. The van der Waals surface area contributed by atoms with Crippen LogP contribution in [0.25, 0.3) is 16.7 Å². The van der Waals surface area contributed by atoms with Crippen LogP contribution in [-0.4, -0.2) is 72.8 Å². The zero-order valence-corrected chi connectivity index (χ0v) is 22.4. The molecule has 2 amide bonds. The van der Waals surface area contributed by atoms with Crippen molar-refractivity contribution in [3.63, 3.8) is 0 Å². The molecule has 5 rings (SSSR count). The third kappa shape index (κ3) is 4.92. The molecule has 1 aromatic carbocycles. The lowest BCUT2D eigenvalue weighted by atomic mass is 9.96. The molecular formula is C26H34N6O4S. The van der Waals surface area contributed by atoms with Crippen molar-refractivity contribution >= 4 is 38.4 Å². The van der Waals surface area contributed by atoms with Crippen molar-refractivity contribution in [2.45, 2.75) is 39.0 Å². The van der Waals surface area contributed by atoms with Gasteiger partial charge in [0.25, 0.3) is 5.91 Å². The van der Waals surface area contributed by atoms with Crippen molar-refractivity contribution in [1.82, 2.24) is 25.0 Å². The number of anilines is 1. The molecule has 0 radical (unpaired) electrons. The largest absolute Gasteiger partial charge is 0.354 e. The van der Waals surface area contributed by atoms with E-state index in [1.165, 1.54) is 15.2 Å². The number of benzene rings is 1. The van der Waals surface area contributed by atoms with Crippen LogP contribution in [0.1, 0.15) is 55.1 Å². The van der Waals surface area contributed by atoms with E-state index in [9.17, 15) is 18.0 Å². The van der Waals surface area contributed by atoms with E-state index in [0.717, 1.165) is 24.0 Å². The van der Waals surface area contributed by atoms with Gasteiger partial charge in [-0.05, 0) is 67.3 Å². The van der Waals surface area contributed by atoms with Crippen LogP contribution in [0.3, 0.4) is 0 Å². The summed E-state index contributed by atoms with van der Waals surface area (Å²) in [6.45, 7) is 5.12. The fraction of sp³-hybridized carbons (Fsp3) is 0.462. The minimum Gasteiger partial charge on any atom is -0.354 e. The van der Waals surface area contributed by atoms with E-state index in [4.69, 9.17) is 5.10 Å². The molecule has 1 N–H and O–H groups in total. The summed E-state index contributed by atoms with van der Waals surface area (Å²) in [6, 6.07) is 7.44. The maximum atomic E-state index is 13.0. The van der Waals surface area contributed by atoms with Crippen molar-refractivity contribution in [2.75, 3.05) is 37.2 Å². The van der Waals surface area contributed by atoms with Crippen molar-refractivity contribution in [2.24, 2.45) is 5.92 Å². The zero-order chi connectivity index (χ0) is 26.5. The van der Waals surface area contributed by atoms with Gasteiger partial charge in [0.05, 0.1) is 17.5 Å². The Morgan fingerprint density at radius 3 is 2.51 bits per heavy atom. The molecule has 0 atom stereocenters. The van der Waals surface area contributed by atoms with Crippen molar-refractivity contribution < 1.29 is 19.4 Å². The van der Waals surface area contributed by atoms with Crippen LogP contribution in [0, 0.1) is 12.8 Å². The quantitative estimate of drug-likeness (QED) is 0.482. The van der Waals surface area contributed by atoms with E-state index in [0.29, 0.717) is 54.2 Å². The number of fused-ring (bicyclic) bond motifs is 1. The molecule has 1 saturated carbocycles. The molecule has 0 unspecified atom stereocenters. The number of amides is 2. The van der Waals surface area contributed by atoms with E-state index < -0.39 is 10.0 Å². The second-order valence-corrected chi connectivity index (χ2v) is 12.1. The number of hydrogen-bond donors (Lipinski definition) is 1. The van der Waals surface area contributed by atoms with Crippen molar-refractivity contribution in [1.29, 1.82) is 0 Å². The number of sulfonamides is 1. The molecule has 1 aliphatic carbocycles. The number of pyridine rings is 1. The Morgan fingerprint density at radius 1 is 1.22 bits per heavy atom. The van der Waals surface area contributed by atoms with Crippen LogP contribution < -0.4 is 9.62 Å². The van der Waals surface area contributed by atoms with E-state index in [-0.39, 0.29) is 25.1 Å². The average Bonchev–Trinajstić information content (AvgIpc) is 3.59. The van der Waals surface area contributed by atoms with Gasteiger partial charge in [-0.25, -0.2) is 18.1 Å².